The molecule has 1 aliphatic heterocycles. The van der Waals surface area contributed by atoms with Crippen LogP contribution in [-0.2, 0) is 7.05 Å². The highest BCUT2D eigenvalue weighted by Crippen LogP contribution is 2.33. The van der Waals surface area contributed by atoms with Gasteiger partial charge in [-0.3, -0.25) is 9.47 Å². The normalized spacial score (nSPS) is 21.4. The van der Waals surface area contributed by atoms with Crippen LogP contribution in [-0.4, -0.2) is 51.6 Å². The fraction of sp³-hybridized carbons (Fsp3) is 0.462. The van der Waals surface area contributed by atoms with E-state index >= 15 is 0 Å². The van der Waals surface area contributed by atoms with Crippen molar-refractivity contribution in [2.24, 2.45) is 7.05 Å². The number of benzene rings is 1. The standard InChI is InChI=1S/C26H32N6O2/c1-6-20-16-32(25-24-23(30(4)26(33)29-25)13-10-19(14-27)28-24)21(7-2)15-31(20)17(3)18-8-11-22(34-5)12-9-18/h8-13,17,20-21H,6-7,15-16H2,1-5H3/t17?,20-,21+/m1/s1/i5D3. The van der Waals surface area contributed by atoms with Crippen molar-refractivity contribution in [2.45, 2.75) is 51.7 Å². The molecule has 3 heterocycles. The molecule has 0 bridgehead atoms. The molecule has 3 aromatic rings. The molecule has 8 heteroatoms. The summed E-state index contributed by atoms with van der Waals surface area (Å²) >= 11 is 0. The van der Waals surface area contributed by atoms with Gasteiger partial charge in [0.1, 0.15) is 23.0 Å². The second kappa shape index (κ2) is 9.82. The van der Waals surface area contributed by atoms with Crippen LogP contribution in [0.4, 0.5) is 5.82 Å². The first-order chi connectivity index (χ1) is 17.6. The summed E-state index contributed by atoms with van der Waals surface area (Å²) in [5.74, 6) is 0.839. The summed E-state index contributed by atoms with van der Waals surface area (Å²) in [4.78, 5) is 26.3. The molecule has 3 atom stereocenters. The number of ether oxygens (including phenoxy) is 1. The van der Waals surface area contributed by atoms with Gasteiger partial charge in [0, 0.05) is 38.3 Å². The summed E-state index contributed by atoms with van der Waals surface area (Å²) in [5, 5.41) is 9.42. The minimum absolute atomic E-state index is 0.0822. The largest absolute Gasteiger partial charge is 0.497 e. The number of methoxy groups -OCH3 is 1. The highest BCUT2D eigenvalue weighted by Gasteiger charge is 2.36. The Balaban J connectivity index is 1.67. The number of piperazine rings is 1. The maximum atomic E-state index is 12.7. The van der Waals surface area contributed by atoms with E-state index in [2.05, 4.69) is 46.6 Å². The molecule has 0 spiro atoms. The summed E-state index contributed by atoms with van der Waals surface area (Å²) in [6, 6.07) is 13.0. The topological polar surface area (TPSA) is 87.3 Å². The van der Waals surface area contributed by atoms with E-state index in [0.717, 1.165) is 24.9 Å². The Hall–Kier alpha value is -3.44. The third-order valence-electron chi connectivity index (χ3n) is 6.98. The molecule has 2 aromatic heterocycles. The zero-order valence-corrected chi connectivity index (χ0v) is 20.0. The Bertz CT molecular complexity index is 1370. The molecule has 0 aliphatic carbocycles. The first-order valence-corrected chi connectivity index (χ1v) is 11.7. The van der Waals surface area contributed by atoms with Crippen molar-refractivity contribution in [3.05, 3.63) is 58.1 Å². The van der Waals surface area contributed by atoms with E-state index in [1.54, 1.807) is 31.3 Å². The summed E-state index contributed by atoms with van der Waals surface area (Å²) in [7, 11) is -0.819. The van der Waals surface area contributed by atoms with Gasteiger partial charge in [0.15, 0.2) is 5.82 Å². The van der Waals surface area contributed by atoms with E-state index in [4.69, 9.17) is 8.85 Å². The summed E-state index contributed by atoms with van der Waals surface area (Å²) in [5.41, 5.74) is 2.20. The average molecular weight is 464 g/mol. The minimum Gasteiger partial charge on any atom is -0.497 e. The average Bonchev–Trinajstić information content (AvgIpc) is 2.88. The molecule has 0 radical (unpaired) electrons. The van der Waals surface area contributed by atoms with E-state index in [-0.39, 0.29) is 29.5 Å². The molecule has 0 amide bonds. The van der Waals surface area contributed by atoms with Crippen molar-refractivity contribution in [1.29, 1.82) is 5.26 Å². The van der Waals surface area contributed by atoms with Crippen molar-refractivity contribution in [3.63, 3.8) is 0 Å². The van der Waals surface area contributed by atoms with Gasteiger partial charge in [-0.15, -0.1) is 0 Å². The molecule has 1 fully saturated rings. The Morgan fingerprint density at radius 2 is 1.88 bits per heavy atom. The number of pyridine rings is 1. The Kier molecular flexibility index (Phi) is 5.77. The second-order valence-corrected chi connectivity index (χ2v) is 8.77. The van der Waals surface area contributed by atoms with Gasteiger partial charge >= 0.3 is 5.69 Å². The van der Waals surface area contributed by atoms with Crippen molar-refractivity contribution in [3.8, 4) is 11.8 Å². The minimum atomic E-state index is -2.48. The van der Waals surface area contributed by atoms with Gasteiger partial charge in [-0.05, 0) is 49.6 Å². The molecule has 1 unspecified atom stereocenters. The summed E-state index contributed by atoms with van der Waals surface area (Å²) < 4.78 is 28.4. The lowest BCUT2D eigenvalue weighted by Crippen LogP contribution is -2.59. The van der Waals surface area contributed by atoms with E-state index < -0.39 is 7.04 Å². The van der Waals surface area contributed by atoms with Crippen LogP contribution < -0.4 is 15.3 Å². The maximum absolute atomic E-state index is 12.7. The summed E-state index contributed by atoms with van der Waals surface area (Å²) in [6.45, 7) is 7.82. The predicted molar refractivity (Wildman–Crippen MR) is 133 cm³/mol. The first-order valence-electron chi connectivity index (χ1n) is 13.2. The molecule has 34 heavy (non-hydrogen) atoms. The molecule has 0 N–H and O–H groups in total. The van der Waals surface area contributed by atoms with E-state index in [9.17, 15) is 10.1 Å². The second-order valence-electron chi connectivity index (χ2n) is 8.77. The lowest BCUT2D eigenvalue weighted by molar-refractivity contribution is 0.101. The molecule has 1 aromatic carbocycles. The van der Waals surface area contributed by atoms with Gasteiger partial charge < -0.3 is 9.64 Å². The van der Waals surface area contributed by atoms with Gasteiger partial charge in [0.05, 0.1) is 16.7 Å². The zero-order chi connectivity index (χ0) is 26.9. The molecule has 8 nitrogen and oxygen atoms in total. The highest BCUT2D eigenvalue weighted by molar-refractivity contribution is 5.86. The Morgan fingerprint density at radius 3 is 2.53 bits per heavy atom. The third kappa shape index (κ3) is 4.24. The fourth-order valence-electron chi connectivity index (χ4n) is 4.90. The number of rotatable bonds is 6. The van der Waals surface area contributed by atoms with Crippen LogP contribution in [0.5, 0.6) is 5.75 Å². The number of fused-ring (bicyclic) bond motifs is 1. The van der Waals surface area contributed by atoms with E-state index in [1.165, 1.54) is 4.57 Å². The van der Waals surface area contributed by atoms with Crippen molar-refractivity contribution < 1.29 is 8.85 Å². The highest BCUT2D eigenvalue weighted by atomic mass is 16.5. The smallest absolute Gasteiger partial charge is 0.349 e. The van der Waals surface area contributed by atoms with Gasteiger partial charge in [0.2, 0.25) is 0 Å². The van der Waals surface area contributed by atoms with Crippen LogP contribution in [0, 0.1) is 11.3 Å². The number of aryl methyl sites for hydroxylation is 1. The number of aromatic nitrogens is 3. The third-order valence-corrected chi connectivity index (χ3v) is 6.98. The fourth-order valence-corrected chi connectivity index (χ4v) is 4.90. The number of hydrogen-bond donors (Lipinski definition) is 0. The Morgan fingerprint density at radius 1 is 1.15 bits per heavy atom. The number of nitriles is 1. The van der Waals surface area contributed by atoms with Crippen molar-refractivity contribution in [1.82, 2.24) is 19.4 Å². The molecule has 0 saturated carbocycles. The molecule has 1 saturated heterocycles. The van der Waals surface area contributed by atoms with Crippen LogP contribution in [0.1, 0.15) is 55.0 Å². The molecule has 178 valence electrons. The first kappa shape index (κ1) is 20.0. The van der Waals surface area contributed by atoms with Crippen LogP contribution in [0.25, 0.3) is 11.0 Å². The van der Waals surface area contributed by atoms with Gasteiger partial charge in [0.25, 0.3) is 0 Å². The van der Waals surface area contributed by atoms with Crippen molar-refractivity contribution >= 4 is 16.9 Å². The van der Waals surface area contributed by atoms with Crippen LogP contribution in [0.2, 0.25) is 0 Å². The quantitative estimate of drug-likeness (QED) is 0.551. The van der Waals surface area contributed by atoms with E-state index in [0.29, 0.717) is 29.1 Å². The number of hydrogen-bond acceptors (Lipinski definition) is 7. The lowest BCUT2D eigenvalue weighted by atomic mass is 9.97. The van der Waals surface area contributed by atoms with Crippen molar-refractivity contribution in [2.75, 3.05) is 25.0 Å². The molecule has 1 aliphatic rings. The molecule has 4 rings (SSSR count). The number of anilines is 1. The van der Waals surface area contributed by atoms with Gasteiger partial charge in [-0.25, -0.2) is 9.78 Å². The molecular weight excluding hydrogens is 428 g/mol. The maximum Gasteiger partial charge on any atom is 0.349 e. The van der Waals surface area contributed by atoms with Crippen LogP contribution in [0.15, 0.2) is 41.2 Å². The van der Waals surface area contributed by atoms with Crippen LogP contribution in [0.3, 0.4) is 0 Å². The Labute approximate surface area is 204 Å². The monoisotopic (exact) mass is 463 g/mol. The zero-order valence-electron chi connectivity index (χ0n) is 23.0. The van der Waals surface area contributed by atoms with Gasteiger partial charge in [-0.1, -0.05) is 26.0 Å². The lowest BCUT2D eigenvalue weighted by Gasteiger charge is -2.49. The SMILES string of the molecule is [2H]C([2H])([2H])Oc1ccc(C(C)N2C[C@H](CC)N(c3nc(=O)n(C)c4ccc(C#N)nc34)C[C@H]2CC)cc1. The summed E-state index contributed by atoms with van der Waals surface area (Å²) in [6.07, 6.45) is 1.72. The predicted octanol–water partition coefficient (Wildman–Crippen LogP) is 3.65. The number of nitrogens with zero attached hydrogens (tertiary/aromatic N) is 6. The van der Waals surface area contributed by atoms with Crippen LogP contribution >= 0.6 is 0 Å². The van der Waals surface area contributed by atoms with E-state index in [1.807, 2.05) is 12.1 Å². The molecular formula is C26H32N6O2. The van der Waals surface area contributed by atoms with Gasteiger partial charge in [-0.2, -0.15) is 10.2 Å².